The highest BCUT2D eigenvalue weighted by atomic mass is 79.9. The van der Waals surface area contributed by atoms with Crippen molar-refractivity contribution in [3.05, 3.63) is 34.1 Å². The molecule has 0 radical (unpaired) electrons. The van der Waals surface area contributed by atoms with Gasteiger partial charge >= 0.3 is 0 Å². The lowest BCUT2D eigenvalue weighted by Crippen LogP contribution is -2.34. The summed E-state index contributed by atoms with van der Waals surface area (Å²) in [5, 5.41) is 10.1. The van der Waals surface area contributed by atoms with Crippen molar-refractivity contribution < 1.29 is 14.2 Å². The molecule has 0 amide bonds. The molecule has 106 valence electrons. The van der Waals surface area contributed by atoms with E-state index in [9.17, 15) is 9.50 Å². The maximum Gasteiger partial charge on any atom is 0.137 e. The quantitative estimate of drug-likeness (QED) is 0.861. The van der Waals surface area contributed by atoms with Crippen molar-refractivity contribution in [2.45, 2.75) is 44.8 Å². The fourth-order valence-corrected chi connectivity index (χ4v) is 3.07. The Morgan fingerprint density at radius 1 is 1.47 bits per heavy atom. The van der Waals surface area contributed by atoms with Crippen LogP contribution in [0.25, 0.3) is 0 Å². The van der Waals surface area contributed by atoms with Gasteiger partial charge in [-0.3, -0.25) is 0 Å². The molecule has 1 aliphatic carbocycles. The average molecular weight is 331 g/mol. The van der Waals surface area contributed by atoms with E-state index in [1.54, 1.807) is 12.1 Å². The highest BCUT2D eigenvalue weighted by molar-refractivity contribution is 9.10. The molecule has 0 aromatic heterocycles. The van der Waals surface area contributed by atoms with E-state index < -0.39 is 0 Å². The summed E-state index contributed by atoms with van der Waals surface area (Å²) in [4.78, 5) is 0. The number of rotatable bonds is 6. The molecule has 1 atom stereocenters. The van der Waals surface area contributed by atoms with Gasteiger partial charge in [0.05, 0.1) is 16.7 Å². The number of aliphatic hydroxyl groups excluding tert-OH is 1. The Hall–Kier alpha value is -0.450. The molecule has 1 aromatic carbocycles. The molecule has 0 saturated heterocycles. The van der Waals surface area contributed by atoms with Crippen molar-refractivity contribution in [3.63, 3.8) is 0 Å². The van der Waals surface area contributed by atoms with Crippen molar-refractivity contribution >= 4 is 15.9 Å². The van der Waals surface area contributed by atoms with Gasteiger partial charge in [0.1, 0.15) is 5.82 Å². The van der Waals surface area contributed by atoms with Crippen LogP contribution in [0.4, 0.5) is 4.39 Å². The minimum atomic E-state index is -0.357. The van der Waals surface area contributed by atoms with E-state index in [1.807, 2.05) is 6.92 Å². The Morgan fingerprint density at radius 2 is 2.21 bits per heavy atom. The fourth-order valence-electron chi connectivity index (χ4n) is 2.65. The van der Waals surface area contributed by atoms with Gasteiger partial charge in [0.15, 0.2) is 0 Å². The van der Waals surface area contributed by atoms with Gasteiger partial charge in [-0.25, -0.2) is 4.39 Å². The van der Waals surface area contributed by atoms with E-state index in [0.29, 0.717) is 22.9 Å². The number of benzene rings is 1. The Bertz CT molecular complexity index is 419. The first kappa shape index (κ1) is 14.9. The first-order chi connectivity index (χ1) is 9.08. The molecule has 1 unspecified atom stereocenters. The molecule has 2 rings (SSSR count). The van der Waals surface area contributed by atoms with Crippen LogP contribution >= 0.6 is 15.9 Å². The van der Waals surface area contributed by atoms with E-state index in [0.717, 1.165) is 31.4 Å². The highest BCUT2D eigenvalue weighted by Crippen LogP contribution is 2.34. The summed E-state index contributed by atoms with van der Waals surface area (Å²) in [6.07, 6.45) is 3.52. The Labute approximate surface area is 122 Å². The molecule has 0 spiro atoms. The topological polar surface area (TPSA) is 29.5 Å². The molecule has 0 aliphatic heterocycles. The largest absolute Gasteiger partial charge is 0.393 e. The van der Waals surface area contributed by atoms with E-state index in [4.69, 9.17) is 4.74 Å². The predicted molar refractivity (Wildman–Crippen MR) is 76.6 cm³/mol. The molecule has 0 heterocycles. The smallest absolute Gasteiger partial charge is 0.137 e. The lowest BCUT2D eigenvalue weighted by Gasteiger charge is -2.36. The molecule has 1 saturated carbocycles. The van der Waals surface area contributed by atoms with Gasteiger partial charge < -0.3 is 9.84 Å². The summed E-state index contributed by atoms with van der Waals surface area (Å²) in [6, 6.07) is 4.90. The number of hydrogen-bond acceptors (Lipinski definition) is 2. The van der Waals surface area contributed by atoms with Gasteiger partial charge in [-0.2, -0.15) is 0 Å². The lowest BCUT2D eigenvalue weighted by molar-refractivity contribution is -0.0375. The van der Waals surface area contributed by atoms with Crippen LogP contribution in [0, 0.1) is 11.7 Å². The summed E-state index contributed by atoms with van der Waals surface area (Å²) >= 11 is 3.16. The van der Waals surface area contributed by atoms with Crippen molar-refractivity contribution in [1.29, 1.82) is 0 Å². The summed E-state index contributed by atoms with van der Waals surface area (Å²) in [5.41, 5.74) is 0.960. The van der Waals surface area contributed by atoms with Gasteiger partial charge in [-0.05, 0) is 72.2 Å². The zero-order valence-corrected chi connectivity index (χ0v) is 12.7. The molecule has 4 heteroatoms. The van der Waals surface area contributed by atoms with Gasteiger partial charge in [0.25, 0.3) is 0 Å². The minimum Gasteiger partial charge on any atom is -0.393 e. The molecular weight excluding hydrogens is 311 g/mol. The zero-order chi connectivity index (χ0) is 13.8. The lowest BCUT2D eigenvalue weighted by atomic mass is 9.78. The second-order valence-corrected chi connectivity index (χ2v) is 6.11. The highest BCUT2D eigenvalue weighted by Gasteiger charge is 2.30. The van der Waals surface area contributed by atoms with Gasteiger partial charge in [-0.15, -0.1) is 0 Å². The second-order valence-electron chi connectivity index (χ2n) is 5.26. The summed E-state index contributed by atoms with van der Waals surface area (Å²) in [5.74, 6) is 0.298. The van der Waals surface area contributed by atoms with Crippen molar-refractivity contribution in [3.8, 4) is 0 Å². The maximum absolute atomic E-state index is 13.1. The summed E-state index contributed by atoms with van der Waals surface area (Å²) < 4.78 is 19.1. The van der Waals surface area contributed by atoms with Gasteiger partial charge in [0.2, 0.25) is 0 Å². The molecule has 2 nitrogen and oxygen atoms in total. The van der Waals surface area contributed by atoms with Crippen molar-refractivity contribution in [1.82, 2.24) is 0 Å². The minimum absolute atomic E-state index is 0.267. The zero-order valence-electron chi connectivity index (χ0n) is 11.1. The second kappa shape index (κ2) is 6.82. The third-order valence-corrected chi connectivity index (χ3v) is 4.26. The van der Waals surface area contributed by atoms with Crippen LogP contribution in [0.5, 0.6) is 0 Å². The molecule has 1 fully saturated rings. The third kappa shape index (κ3) is 4.26. The predicted octanol–water partition coefficient (Wildman–Crippen LogP) is 3.70. The van der Waals surface area contributed by atoms with E-state index in [-0.39, 0.29) is 11.9 Å². The van der Waals surface area contributed by atoms with Crippen LogP contribution in [0.1, 0.15) is 31.7 Å². The van der Waals surface area contributed by atoms with Gasteiger partial charge in [-0.1, -0.05) is 6.07 Å². The molecule has 1 aromatic rings. The number of hydrogen-bond donors (Lipinski definition) is 1. The Morgan fingerprint density at radius 3 is 2.84 bits per heavy atom. The fraction of sp³-hybridized carbons (Fsp3) is 0.600. The monoisotopic (exact) mass is 330 g/mol. The summed E-state index contributed by atoms with van der Waals surface area (Å²) in [6.45, 7) is 2.78. The first-order valence-electron chi connectivity index (χ1n) is 6.82. The standard InChI is InChI=1S/C15H20BrFO2/c1-2-19-13-7-11(8-13)6-12(18)5-10-3-4-15(17)14(16)9-10/h3-4,9,11-13,18H,2,5-8H2,1H3. The van der Waals surface area contributed by atoms with E-state index in [1.165, 1.54) is 6.07 Å². The number of aliphatic hydroxyl groups is 1. The van der Waals surface area contributed by atoms with Crippen LogP contribution in [0.2, 0.25) is 0 Å². The van der Waals surface area contributed by atoms with Crippen molar-refractivity contribution in [2.24, 2.45) is 5.92 Å². The molecule has 1 aliphatic rings. The van der Waals surface area contributed by atoms with Crippen LogP contribution < -0.4 is 0 Å². The number of ether oxygens (including phenoxy) is 1. The number of halogens is 2. The Balaban J connectivity index is 1.75. The van der Waals surface area contributed by atoms with E-state index >= 15 is 0 Å². The molecule has 0 bridgehead atoms. The van der Waals surface area contributed by atoms with Crippen LogP contribution in [-0.2, 0) is 11.2 Å². The molecule has 19 heavy (non-hydrogen) atoms. The average Bonchev–Trinajstić information content (AvgIpc) is 2.31. The Kier molecular flexibility index (Phi) is 5.37. The SMILES string of the molecule is CCOC1CC(CC(O)Cc2ccc(F)c(Br)c2)C1. The maximum atomic E-state index is 13.1. The molecule has 1 N–H and O–H groups in total. The van der Waals surface area contributed by atoms with E-state index in [2.05, 4.69) is 15.9 Å². The van der Waals surface area contributed by atoms with Crippen LogP contribution in [-0.4, -0.2) is 23.9 Å². The third-order valence-electron chi connectivity index (χ3n) is 3.66. The first-order valence-corrected chi connectivity index (χ1v) is 7.61. The molecular formula is C15H20BrFO2. The van der Waals surface area contributed by atoms with Crippen LogP contribution in [0.15, 0.2) is 22.7 Å². The van der Waals surface area contributed by atoms with Crippen molar-refractivity contribution in [2.75, 3.05) is 6.61 Å². The van der Waals surface area contributed by atoms with Crippen LogP contribution in [0.3, 0.4) is 0 Å². The normalized spacial score (nSPS) is 24.0. The van der Waals surface area contributed by atoms with Gasteiger partial charge in [0, 0.05) is 6.61 Å². The summed E-state index contributed by atoms with van der Waals surface area (Å²) in [7, 11) is 0.